The number of hydrogen-bond donors (Lipinski definition) is 1. The number of nitrogens with zero attached hydrogens (tertiary/aromatic N) is 1. The number of hydrogen-bond acceptors (Lipinski definition) is 4. The molecule has 1 unspecified atom stereocenters. The van der Waals surface area contributed by atoms with Crippen LogP contribution < -0.4 is 24.4 Å². The maximum atomic E-state index is 13.1. The number of nitrogens with two attached hydrogens (primary N) is 1. The minimum Gasteiger partial charge on any atom is -0.497 e. The molecule has 0 bridgehead atoms. The van der Waals surface area contributed by atoms with Gasteiger partial charge in [0, 0.05) is 35.5 Å². The predicted octanol–water partition coefficient (Wildman–Crippen LogP) is 5.26. The number of fused-ring (bicyclic) bond motifs is 3. The molecule has 32 heavy (non-hydrogen) atoms. The van der Waals surface area contributed by atoms with Crippen LogP contribution in [0, 0.1) is 0 Å². The van der Waals surface area contributed by atoms with Crippen molar-refractivity contribution in [2.45, 2.75) is 12.7 Å². The number of methoxy groups -OCH3 is 1. The second-order valence-corrected chi connectivity index (χ2v) is 8.26. The van der Waals surface area contributed by atoms with Crippen molar-refractivity contribution >= 4 is 23.0 Å². The molecule has 0 radical (unpaired) electrons. The van der Waals surface area contributed by atoms with Gasteiger partial charge in [0.05, 0.1) is 26.8 Å². The molecule has 0 fully saturated rings. The van der Waals surface area contributed by atoms with Gasteiger partial charge in [0.1, 0.15) is 29.0 Å². The van der Waals surface area contributed by atoms with Crippen molar-refractivity contribution in [3.8, 4) is 28.4 Å². The lowest BCUT2D eigenvalue weighted by Crippen LogP contribution is -2.50. The number of rotatable bonds is 5. The van der Waals surface area contributed by atoms with Crippen LogP contribution in [0.25, 0.3) is 11.1 Å². The van der Waals surface area contributed by atoms with Crippen molar-refractivity contribution in [1.82, 2.24) is 4.48 Å². The Balaban J connectivity index is 1.95. The Bertz CT molecular complexity index is 1180. The number of benzene rings is 3. The summed E-state index contributed by atoms with van der Waals surface area (Å²) < 4.78 is 42.9. The van der Waals surface area contributed by atoms with Crippen LogP contribution in [-0.2, 0) is 0 Å². The highest BCUT2D eigenvalue weighted by Gasteiger charge is 2.33. The van der Waals surface area contributed by atoms with E-state index in [2.05, 4.69) is 0 Å². The van der Waals surface area contributed by atoms with Gasteiger partial charge >= 0.3 is 6.61 Å². The lowest BCUT2D eigenvalue weighted by Gasteiger charge is -2.33. The number of thiocarbonyl (C=S) groups is 1. The third-order valence-corrected chi connectivity index (χ3v) is 6.09. The molecule has 1 heterocycles. The fraction of sp³-hybridized carbons (Fsp3) is 0.208. The van der Waals surface area contributed by atoms with Crippen molar-refractivity contribution < 1.29 is 23.0 Å². The standard InChI is InChI=1S/C24H22F2N2O3S/c1-28(2,24(27)32)15-10-11-17-18(13-15)22(14-6-4-7-16(12-14)29-3)30-19-8-5-9-20(21(17)19)31-23(25)26/h4-13,22-23H,1-3H3,(H-,27,32)/p+1. The molecule has 0 aromatic heterocycles. The van der Waals surface area contributed by atoms with E-state index in [0.29, 0.717) is 22.2 Å². The summed E-state index contributed by atoms with van der Waals surface area (Å²) in [6.45, 7) is -2.95. The number of alkyl halides is 2. The molecule has 0 saturated heterocycles. The SMILES string of the molecule is COc1cccc(C2Oc3cccc(OC(F)F)c3-c3ccc([N+](C)(C)C(N)=S)cc32)c1. The van der Waals surface area contributed by atoms with E-state index < -0.39 is 12.7 Å². The van der Waals surface area contributed by atoms with E-state index in [1.807, 2.05) is 56.6 Å². The second kappa shape index (κ2) is 8.37. The van der Waals surface area contributed by atoms with E-state index in [4.69, 9.17) is 32.2 Å². The maximum absolute atomic E-state index is 13.1. The highest BCUT2D eigenvalue weighted by Crippen LogP contribution is 2.50. The maximum Gasteiger partial charge on any atom is 0.387 e. The van der Waals surface area contributed by atoms with Crippen LogP contribution in [0.5, 0.6) is 17.2 Å². The molecule has 8 heteroatoms. The van der Waals surface area contributed by atoms with Gasteiger partial charge in [-0.05, 0) is 35.9 Å². The van der Waals surface area contributed by atoms with Crippen LogP contribution in [0.2, 0.25) is 0 Å². The minimum absolute atomic E-state index is 0.0543. The Morgan fingerprint density at radius 1 is 1.09 bits per heavy atom. The first-order valence-electron chi connectivity index (χ1n) is 9.89. The second-order valence-electron chi connectivity index (χ2n) is 7.85. The van der Waals surface area contributed by atoms with Gasteiger partial charge in [-0.2, -0.15) is 8.78 Å². The summed E-state index contributed by atoms with van der Waals surface area (Å²) in [4.78, 5) is 0. The average Bonchev–Trinajstić information content (AvgIpc) is 2.77. The topological polar surface area (TPSA) is 53.7 Å². The largest absolute Gasteiger partial charge is 0.497 e. The number of halogens is 2. The van der Waals surface area contributed by atoms with Crippen molar-refractivity contribution in [1.29, 1.82) is 0 Å². The Morgan fingerprint density at radius 2 is 1.84 bits per heavy atom. The molecule has 0 saturated carbocycles. The Hall–Kier alpha value is -3.23. The molecule has 1 atom stereocenters. The molecule has 3 aromatic carbocycles. The van der Waals surface area contributed by atoms with Crippen molar-refractivity contribution in [2.24, 2.45) is 5.73 Å². The molecule has 0 aliphatic carbocycles. The zero-order chi connectivity index (χ0) is 23.0. The van der Waals surface area contributed by atoms with Gasteiger partial charge in [0.15, 0.2) is 0 Å². The molecule has 3 aromatic rings. The molecular weight excluding hydrogens is 434 g/mol. The van der Waals surface area contributed by atoms with Crippen LogP contribution in [0.4, 0.5) is 14.5 Å². The zero-order valence-electron chi connectivity index (χ0n) is 17.8. The van der Waals surface area contributed by atoms with Gasteiger partial charge < -0.3 is 19.9 Å². The number of quaternary nitrogens is 1. The first kappa shape index (κ1) is 22.0. The molecule has 0 amide bonds. The third kappa shape index (κ3) is 3.87. The quantitative estimate of drug-likeness (QED) is 0.419. The van der Waals surface area contributed by atoms with E-state index >= 15 is 0 Å². The summed E-state index contributed by atoms with van der Waals surface area (Å²) in [7, 11) is 5.36. The van der Waals surface area contributed by atoms with Gasteiger partial charge in [-0.3, -0.25) is 0 Å². The summed E-state index contributed by atoms with van der Waals surface area (Å²) in [5.41, 5.74) is 9.67. The smallest absolute Gasteiger partial charge is 0.387 e. The highest BCUT2D eigenvalue weighted by atomic mass is 32.1. The molecule has 5 nitrogen and oxygen atoms in total. The number of ether oxygens (including phenoxy) is 3. The molecule has 1 aliphatic rings. The summed E-state index contributed by atoms with van der Waals surface area (Å²) in [6.07, 6.45) is -0.499. The fourth-order valence-electron chi connectivity index (χ4n) is 3.78. The van der Waals surface area contributed by atoms with E-state index in [-0.39, 0.29) is 10.2 Å². The average molecular weight is 458 g/mol. The van der Waals surface area contributed by atoms with Crippen molar-refractivity contribution in [3.05, 3.63) is 71.8 Å². The lowest BCUT2D eigenvalue weighted by atomic mass is 9.88. The first-order chi connectivity index (χ1) is 15.2. The van der Waals surface area contributed by atoms with Crippen LogP contribution in [0.3, 0.4) is 0 Å². The van der Waals surface area contributed by atoms with Crippen molar-refractivity contribution in [3.63, 3.8) is 0 Å². The molecule has 166 valence electrons. The monoisotopic (exact) mass is 457 g/mol. The van der Waals surface area contributed by atoms with E-state index in [9.17, 15) is 8.78 Å². The van der Waals surface area contributed by atoms with Gasteiger partial charge in [-0.25, -0.2) is 4.48 Å². The van der Waals surface area contributed by atoms with Gasteiger partial charge in [-0.1, -0.05) is 18.2 Å². The summed E-state index contributed by atoms with van der Waals surface area (Å²) in [5.74, 6) is 1.20. The molecular formula is C24H23F2N2O3S+. The van der Waals surface area contributed by atoms with Crippen LogP contribution >= 0.6 is 12.2 Å². The van der Waals surface area contributed by atoms with Gasteiger partial charge in [-0.15, -0.1) is 0 Å². The minimum atomic E-state index is -2.95. The fourth-order valence-corrected chi connectivity index (χ4v) is 3.89. The molecule has 1 aliphatic heterocycles. The van der Waals surface area contributed by atoms with Crippen LogP contribution in [-0.4, -0.2) is 32.9 Å². The van der Waals surface area contributed by atoms with E-state index in [1.165, 1.54) is 6.07 Å². The normalized spacial score (nSPS) is 14.9. The summed E-state index contributed by atoms with van der Waals surface area (Å²) in [6, 6.07) is 18.1. The third-order valence-electron chi connectivity index (χ3n) is 5.63. The highest BCUT2D eigenvalue weighted by molar-refractivity contribution is 7.80. The molecule has 0 spiro atoms. The van der Waals surface area contributed by atoms with E-state index in [0.717, 1.165) is 22.4 Å². The van der Waals surface area contributed by atoms with Gasteiger partial charge in [0.25, 0.3) is 5.11 Å². The summed E-state index contributed by atoms with van der Waals surface area (Å²) >= 11 is 5.25. The van der Waals surface area contributed by atoms with Crippen LogP contribution in [0.1, 0.15) is 17.2 Å². The van der Waals surface area contributed by atoms with Crippen molar-refractivity contribution in [2.75, 3.05) is 21.2 Å². The van der Waals surface area contributed by atoms with Gasteiger partial charge in [0.2, 0.25) is 0 Å². The molecule has 2 N–H and O–H groups in total. The lowest BCUT2D eigenvalue weighted by molar-refractivity contribution is -0.0496. The van der Waals surface area contributed by atoms with Crippen LogP contribution in [0.15, 0.2) is 60.7 Å². The Labute approximate surface area is 190 Å². The summed E-state index contributed by atoms with van der Waals surface area (Å²) in [5, 5.41) is 0.293. The van der Waals surface area contributed by atoms with E-state index in [1.54, 1.807) is 19.2 Å². The predicted molar refractivity (Wildman–Crippen MR) is 124 cm³/mol. The Morgan fingerprint density at radius 3 is 2.53 bits per heavy atom. The Kier molecular flexibility index (Phi) is 5.75. The first-order valence-corrected chi connectivity index (χ1v) is 10.3. The zero-order valence-corrected chi connectivity index (χ0v) is 18.7. The molecule has 4 rings (SSSR count).